The minimum Gasteiger partial charge on any atom is -0.390 e. The molecule has 5 nitrogen and oxygen atoms in total. The number of hydrogen-bond donors (Lipinski definition) is 2. The van der Waals surface area contributed by atoms with Crippen LogP contribution in [0, 0.1) is 17.8 Å². The summed E-state index contributed by atoms with van der Waals surface area (Å²) in [6.45, 7) is 13.3. The Kier molecular flexibility index (Phi) is 9.10. The van der Waals surface area contributed by atoms with Gasteiger partial charge in [-0.1, -0.05) is 44.7 Å². The van der Waals surface area contributed by atoms with Crippen LogP contribution in [-0.4, -0.2) is 59.8 Å². The summed E-state index contributed by atoms with van der Waals surface area (Å²) in [5.41, 5.74) is 0.813. The lowest BCUT2D eigenvalue weighted by Gasteiger charge is -2.46. The Balaban J connectivity index is 1.71. The molecular weight excluding hydrogens is 434 g/mol. The summed E-state index contributed by atoms with van der Waals surface area (Å²) in [7, 11) is 0. The normalized spacial score (nSPS) is 24.9. The summed E-state index contributed by atoms with van der Waals surface area (Å²) in [4.78, 5) is 17.8. The Hall–Kier alpha value is -1.30. The molecular formula is C27H44ClN3O2. The van der Waals surface area contributed by atoms with E-state index >= 15 is 0 Å². The second kappa shape index (κ2) is 11.4. The lowest BCUT2D eigenvalue weighted by molar-refractivity contribution is -0.132. The number of aliphatic hydroxyl groups excluding tert-OH is 1. The van der Waals surface area contributed by atoms with Crippen LogP contribution < -0.4 is 10.2 Å². The van der Waals surface area contributed by atoms with Crippen molar-refractivity contribution in [1.82, 2.24) is 10.2 Å². The molecule has 0 radical (unpaired) electrons. The van der Waals surface area contributed by atoms with Crippen molar-refractivity contribution in [2.75, 3.05) is 31.1 Å². The fourth-order valence-corrected chi connectivity index (χ4v) is 5.71. The van der Waals surface area contributed by atoms with Crippen LogP contribution >= 0.6 is 11.6 Å². The zero-order valence-corrected chi connectivity index (χ0v) is 21.9. The van der Waals surface area contributed by atoms with Crippen molar-refractivity contribution in [1.29, 1.82) is 0 Å². The number of halogens is 1. The molecule has 1 aliphatic heterocycles. The fourth-order valence-electron chi connectivity index (χ4n) is 5.59. The first-order valence-electron chi connectivity index (χ1n) is 12.8. The lowest BCUT2D eigenvalue weighted by Crippen LogP contribution is -2.59. The maximum atomic E-state index is 13.2. The van der Waals surface area contributed by atoms with Gasteiger partial charge in [0.2, 0.25) is 5.91 Å². The number of aliphatic hydroxyl groups is 1. The van der Waals surface area contributed by atoms with Gasteiger partial charge in [0.25, 0.3) is 0 Å². The average Bonchev–Trinajstić information content (AvgIpc) is 2.71. The molecule has 4 atom stereocenters. The quantitative estimate of drug-likeness (QED) is 0.555. The van der Waals surface area contributed by atoms with Crippen molar-refractivity contribution in [3.05, 3.63) is 29.3 Å². The Bertz CT molecular complexity index is 762. The molecule has 33 heavy (non-hydrogen) atoms. The number of amides is 1. The number of hydrogen-bond acceptors (Lipinski definition) is 4. The van der Waals surface area contributed by atoms with E-state index in [2.05, 4.69) is 29.0 Å². The molecule has 1 heterocycles. The second-order valence-corrected chi connectivity index (χ2v) is 12.1. The molecule has 2 N–H and O–H groups in total. The van der Waals surface area contributed by atoms with Crippen LogP contribution in [-0.2, 0) is 4.79 Å². The molecule has 6 heteroatoms. The van der Waals surface area contributed by atoms with Gasteiger partial charge < -0.3 is 15.3 Å². The fraction of sp³-hybridized carbons (Fsp3) is 0.741. The van der Waals surface area contributed by atoms with Crippen molar-refractivity contribution in [3.63, 3.8) is 0 Å². The number of anilines is 1. The van der Waals surface area contributed by atoms with Crippen LogP contribution in [0.15, 0.2) is 24.3 Å². The first kappa shape index (κ1) is 26.3. The topological polar surface area (TPSA) is 55.8 Å². The first-order valence-corrected chi connectivity index (χ1v) is 13.1. The van der Waals surface area contributed by atoms with E-state index in [1.54, 1.807) is 0 Å². The van der Waals surface area contributed by atoms with Crippen LogP contribution in [0.1, 0.15) is 66.7 Å². The number of rotatable bonds is 8. The molecule has 186 valence electrons. The van der Waals surface area contributed by atoms with E-state index in [4.69, 9.17) is 11.6 Å². The van der Waals surface area contributed by atoms with E-state index in [0.717, 1.165) is 25.2 Å². The Morgan fingerprint density at radius 3 is 2.39 bits per heavy atom. The molecule has 0 spiro atoms. The van der Waals surface area contributed by atoms with Crippen LogP contribution in [0.25, 0.3) is 0 Å². The summed E-state index contributed by atoms with van der Waals surface area (Å²) in [5, 5.41) is 15.1. The summed E-state index contributed by atoms with van der Waals surface area (Å²) in [5.74, 6) is 1.86. The molecule has 0 aromatic heterocycles. The van der Waals surface area contributed by atoms with Crippen LogP contribution in [0.2, 0.25) is 5.02 Å². The first-order chi connectivity index (χ1) is 15.5. The zero-order chi connectivity index (χ0) is 24.2. The molecule has 2 fully saturated rings. The molecule has 1 aromatic rings. The molecule has 0 bridgehead atoms. The molecule has 2 aliphatic rings. The molecule has 1 amide bonds. The van der Waals surface area contributed by atoms with E-state index in [-0.39, 0.29) is 17.5 Å². The van der Waals surface area contributed by atoms with E-state index in [9.17, 15) is 9.90 Å². The number of carbonyl (C=O) groups excluding carboxylic acids is 1. The van der Waals surface area contributed by atoms with Crippen molar-refractivity contribution in [2.24, 2.45) is 17.8 Å². The SMILES string of the molecule is CC(C)CN(C[C@H](O)CN1C[C@H]2CCCC[C@H]2C[C@H]1C(=O)NC(C)(C)C)c1ccc(Cl)cc1. The van der Waals surface area contributed by atoms with Crippen molar-refractivity contribution in [2.45, 2.75) is 84.4 Å². The van der Waals surface area contributed by atoms with Crippen LogP contribution in [0.4, 0.5) is 5.69 Å². The summed E-state index contributed by atoms with van der Waals surface area (Å²) >= 11 is 6.09. The third-order valence-corrected chi connectivity index (χ3v) is 7.21. The maximum absolute atomic E-state index is 13.2. The smallest absolute Gasteiger partial charge is 0.237 e. The number of piperidine rings is 1. The van der Waals surface area contributed by atoms with Gasteiger partial charge in [0.05, 0.1) is 12.1 Å². The van der Waals surface area contributed by atoms with E-state index in [0.29, 0.717) is 35.9 Å². The number of benzene rings is 1. The predicted octanol–water partition coefficient (Wildman–Crippen LogP) is 4.96. The summed E-state index contributed by atoms with van der Waals surface area (Å²) in [6, 6.07) is 7.68. The highest BCUT2D eigenvalue weighted by atomic mass is 35.5. The summed E-state index contributed by atoms with van der Waals surface area (Å²) in [6.07, 6.45) is 5.42. The van der Waals surface area contributed by atoms with Gasteiger partial charge in [-0.05, 0) is 75.6 Å². The largest absolute Gasteiger partial charge is 0.390 e. The highest BCUT2D eigenvalue weighted by molar-refractivity contribution is 6.30. The Morgan fingerprint density at radius 1 is 1.15 bits per heavy atom. The number of likely N-dealkylation sites (tertiary alicyclic amines) is 1. The standard InChI is InChI=1S/C27H44ClN3O2/c1-19(2)15-30(23-12-10-22(28)11-13-23)17-24(32)18-31-16-21-9-7-6-8-20(21)14-25(31)26(33)29-27(3,4)5/h10-13,19-21,24-25,32H,6-9,14-18H2,1-5H3,(H,29,33)/t20-,21+,24-,25-/m0/s1. The minimum absolute atomic E-state index is 0.107. The van der Waals surface area contributed by atoms with E-state index in [1.807, 2.05) is 45.0 Å². The average molecular weight is 478 g/mol. The third kappa shape index (κ3) is 7.87. The van der Waals surface area contributed by atoms with Crippen molar-refractivity contribution < 1.29 is 9.90 Å². The number of carbonyl (C=O) groups is 1. The minimum atomic E-state index is -0.537. The second-order valence-electron chi connectivity index (χ2n) is 11.7. The number of nitrogens with zero attached hydrogens (tertiary/aromatic N) is 2. The number of β-amino-alcohol motifs (C(OH)–C–C–N with tert-alkyl or cyclic N) is 1. The van der Waals surface area contributed by atoms with E-state index in [1.165, 1.54) is 25.7 Å². The van der Waals surface area contributed by atoms with Gasteiger partial charge in [0.1, 0.15) is 0 Å². The molecule has 3 rings (SSSR count). The van der Waals surface area contributed by atoms with Gasteiger partial charge >= 0.3 is 0 Å². The number of fused-ring (bicyclic) bond motifs is 1. The monoisotopic (exact) mass is 477 g/mol. The highest BCUT2D eigenvalue weighted by Gasteiger charge is 2.41. The van der Waals surface area contributed by atoms with Crippen LogP contribution in [0.5, 0.6) is 0 Å². The Morgan fingerprint density at radius 2 is 1.79 bits per heavy atom. The molecule has 0 unspecified atom stereocenters. The van der Waals surface area contributed by atoms with Crippen molar-refractivity contribution in [3.8, 4) is 0 Å². The maximum Gasteiger partial charge on any atom is 0.237 e. The third-order valence-electron chi connectivity index (χ3n) is 6.96. The molecule has 1 saturated heterocycles. The van der Waals surface area contributed by atoms with E-state index < -0.39 is 6.10 Å². The lowest BCUT2D eigenvalue weighted by atomic mass is 9.72. The molecule has 1 aliphatic carbocycles. The van der Waals surface area contributed by atoms with Gasteiger partial charge in [-0.3, -0.25) is 9.69 Å². The Labute approximate surface area is 205 Å². The predicted molar refractivity (Wildman–Crippen MR) is 138 cm³/mol. The van der Waals surface area contributed by atoms with Gasteiger partial charge in [0, 0.05) is 42.4 Å². The van der Waals surface area contributed by atoms with Crippen molar-refractivity contribution >= 4 is 23.2 Å². The van der Waals surface area contributed by atoms with Gasteiger partial charge in [-0.2, -0.15) is 0 Å². The molecule has 1 saturated carbocycles. The highest BCUT2D eigenvalue weighted by Crippen LogP contribution is 2.38. The summed E-state index contributed by atoms with van der Waals surface area (Å²) < 4.78 is 0. The number of nitrogens with one attached hydrogen (secondary N) is 1. The van der Waals surface area contributed by atoms with Gasteiger partial charge in [0.15, 0.2) is 0 Å². The zero-order valence-electron chi connectivity index (χ0n) is 21.2. The van der Waals surface area contributed by atoms with Gasteiger partial charge in [-0.15, -0.1) is 0 Å². The van der Waals surface area contributed by atoms with Crippen LogP contribution in [0.3, 0.4) is 0 Å². The molecule has 1 aromatic carbocycles. The van der Waals surface area contributed by atoms with Gasteiger partial charge in [-0.25, -0.2) is 0 Å².